The fourth-order valence-corrected chi connectivity index (χ4v) is 3.30. The Hall–Kier alpha value is -2.12. The molecule has 7 heteroatoms. The number of primary amides is 1. The number of hydrogen-bond donors (Lipinski definition) is 2. The highest BCUT2D eigenvalue weighted by Gasteiger charge is 2.38. The highest BCUT2D eigenvalue weighted by Crippen LogP contribution is 2.25. The summed E-state index contributed by atoms with van der Waals surface area (Å²) in [5.41, 5.74) is 6.44. The summed E-state index contributed by atoms with van der Waals surface area (Å²) >= 11 is 0. The van der Waals surface area contributed by atoms with Crippen molar-refractivity contribution in [2.75, 3.05) is 27.4 Å². The van der Waals surface area contributed by atoms with Crippen LogP contribution in [0.25, 0.3) is 0 Å². The van der Waals surface area contributed by atoms with Gasteiger partial charge in [0.15, 0.2) is 0 Å². The van der Waals surface area contributed by atoms with Crippen LogP contribution in [0.3, 0.4) is 0 Å². The Morgan fingerprint density at radius 3 is 2.20 bits per heavy atom. The third-order valence-electron chi connectivity index (χ3n) is 4.50. The van der Waals surface area contributed by atoms with Gasteiger partial charge in [0.2, 0.25) is 5.91 Å². The third kappa shape index (κ3) is 5.17. The molecule has 1 aliphatic rings. The molecular formula is C18H27N3O4. The largest absolute Gasteiger partial charge is 0.383 e. The van der Waals surface area contributed by atoms with Crippen molar-refractivity contribution in [1.82, 2.24) is 10.2 Å². The number of rotatable bonds is 8. The molecule has 1 aliphatic heterocycles. The maximum atomic E-state index is 12.8. The molecule has 1 heterocycles. The molecule has 0 aliphatic carbocycles. The van der Waals surface area contributed by atoms with Gasteiger partial charge in [0, 0.05) is 20.6 Å². The highest BCUT2D eigenvalue weighted by molar-refractivity contribution is 5.86. The number of methoxy groups -OCH3 is 2. The lowest BCUT2D eigenvalue weighted by Crippen LogP contribution is -2.55. The minimum absolute atomic E-state index is 0.0320. The second-order valence-electron chi connectivity index (χ2n) is 6.30. The summed E-state index contributed by atoms with van der Waals surface area (Å²) in [5, 5.41) is 2.79. The molecule has 3 N–H and O–H groups in total. The Balaban J connectivity index is 2.08. The average Bonchev–Trinajstić information content (AvgIpc) is 2.98. The molecule has 0 bridgehead atoms. The van der Waals surface area contributed by atoms with Crippen molar-refractivity contribution >= 4 is 11.9 Å². The van der Waals surface area contributed by atoms with Crippen LogP contribution in [0.5, 0.6) is 0 Å². The first-order valence-electron chi connectivity index (χ1n) is 8.46. The molecule has 0 unspecified atom stereocenters. The van der Waals surface area contributed by atoms with Gasteiger partial charge < -0.3 is 25.4 Å². The van der Waals surface area contributed by atoms with Gasteiger partial charge in [-0.15, -0.1) is 0 Å². The third-order valence-corrected chi connectivity index (χ3v) is 4.50. The first-order chi connectivity index (χ1) is 12.1. The Kier molecular flexibility index (Phi) is 7.21. The van der Waals surface area contributed by atoms with Gasteiger partial charge in [0.05, 0.1) is 25.3 Å². The molecule has 0 aromatic heterocycles. The lowest BCUT2D eigenvalue weighted by atomic mass is 10.1. The molecule has 3 amide bonds. The number of amides is 3. The van der Waals surface area contributed by atoms with E-state index in [9.17, 15) is 9.59 Å². The Bertz CT molecular complexity index is 553. The standard InChI is InChI=1S/C18H27N3O4/c1-24-11-14-8-9-15(12-25-2)21(14)18(23)20-16(17(19)22)10-13-6-4-3-5-7-13/h3-7,14-16H,8-12H2,1-2H3,(H2,19,22)(H,20,23)/t14-,15-,16+/m1/s1. The van der Waals surface area contributed by atoms with Crippen LogP contribution in [-0.4, -0.2) is 62.4 Å². The maximum absolute atomic E-state index is 12.8. The molecule has 138 valence electrons. The van der Waals surface area contributed by atoms with Crippen LogP contribution in [0.2, 0.25) is 0 Å². The zero-order chi connectivity index (χ0) is 18.2. The molecular weight excluding hydrogens is 322 g/mol. The van der Waals surface area contributed by atoms with E-state index >= 15 is 0 Å². The molecule has 1 aromatic carbocycles. The van der Waals surface area contributed by atoms with Crippen molar-refractivity contribution in [2.24, 2.45) is 5.73 Å². The molecule has 2 rings (SSSR count). The van der Waals surface area contributed by atoms with Crippen molar-refractivity contribution in [3.8, 4) is 0 Å². The molecule has 3 atom stereocenters. The first-order valence-corrected chi connectivity index (χ1v) is 8.46. The van der Waals surface area contributed by atoms with E-state index in [1.54, 1.807) is 19.1 Å². The molecule has 7 nitrogen and oxygen atoms in total. The average molecular weight is 349 g/mol. The monoisotopic (exact) mass is 349 g/mol. The molecule has 0 radical (unpaired) electrons. The quantitative estimate of drug-likeness (QED) is 0.730. The predicted molar refractivity (Wildman–Crippen MR) is 94.1 cm³/mol. The number of benzene rings is 1. The van der Waals surface area contributed by atoms with Gasteiger partial charge in [-0.25, -0.2) is 4.79 Å². The van der Waals surface area contributed by atoms with E-state index in [1.807, 2.05) is 30.3 Å². The molecule has 1 fully saturated rings. The van der Waals surface area contributed by atoms with Crippen LogP contribution < -0.4 is 11.1 Å². The molecule has 0 spiro atoms. The van der Waals surface area contributed by atoms with Gasteiger partial charge in [-0.1, -0.05) is 30.3 Å². The molecule has 1 aromatic rings. The number of hydrogen-bond acceptors (Lipinski definition) is 4. The normalized spacial score (nSPS) is 21.1. The van der Waals surface area contributed by atoms with E-state index in [0.29, 0.717) is 19.6 Å². The number of carbonyl (C=O) groups is 2. The van der Waals surface area contributed by atoms with Crippen molar-refractivity contribution < 1.29 is 19.1 Å². The summed E-state index contributed by atoms with van der Waals surface area (Å²) in [6.45, 7) is 0.904. The number of nitrogens with zero attached hydrogens (tertiary/aromatic N) is 1. The zero-order valence-corrected chi connectivity index (χ0v) is 14.8. The van der Waals surface area contributed by atoms with Gasteiger partial charge in [0.25, 0.3) is 0 Å². The lowest BCUT2D eigenvalue weighted by molar-refractivity contribution is -0.119. The van der Waals surface area contributed by atoms with E-state index in [4.69, 9.17) is 15.2 Å². The minimum Gasteiger partial charge on any atom is -0.383 e. The second-order valence-corrected chi connectivity index (χ2v) is 6.30. The number of urea groups is 1. The fourth-order valence-electron chi connectivity index (χ4n) is 3.30. The van der Waals surface area contributed by atoms with Crippen LogP contribution in [-0.2, 0) is 20.7 Å². The van der Waals surface area contributed by atoms with Crippen LogP contribution >= 0.6 is 0 Å². The second kappa shape index (κ2) is 9.39. The van der Waals surface area contributed by atoms with Crippen LogP contribution in [0.4, 0.5) is 4.79 Å². The summed E-state index contributed by atoms with van der Waals surface area (Å²) in [6.07, 6.45) is 2.05. The topological polar surface area (TPSA) is 93.9 Å². The SMILES string of the molecule is COC[C@H]1CC[C@H](COC)N1C(=O)N[C@@H](Cc1ccccc1)C(N)=O. The number of likely N-dealkylation sites (tertiary alicyclic amines) is 1. The Morgan fingerprint density at radius 2 is 1.72 bits per heavy atom. The Labute approximate surface area is 148 Å². The molecule has 0 saturated carbocycles. The summed E-state index contributed by atoms with van der Waals surface area (Å²) < 4.78 is 10.5. The van der Waals surface area contributed by atoms with E-state index in [1.165, 1.54) is 0 Å². The maximum Gasteiger partial charge on any atom is 0.318 e. The Morgan fingerprint density at radius 1 is 1.16 bits per heavy atom. The predicted octanol–water partition coefficient (Wildman–Crippen LogP) is 0.918. The summed E-state index contributed by atoms with van der Waals surface area (Å²) in [5.74, 6) is -0.553. The fraction of sp³-hybridized carbons (Fsp3) is 0.556. The van der Waals surface area contributed by atoms with Crippen molar-refractivity contribution in [2.45, 2.75) is 37.4 Å². The van der Waals surface area contributed by atoms with Crippen LogP contribution in [0.15, 0.2) is 30.3 Å². The van der Waals surface area contributed by atoms with Crippen LogP contribution in [0, 0.1) is 0 Å². The number of ether oxygens (including phenoxy) is 2. The molecule has 1 saturated heterocycles. The number of carbonyl (C=O) groups excluding carboxylic acids is 2. The smallest absolute Gasteiger partial charge is 0.318 e. The lowest BCUT2D eigenvalue weighted by Gasteiger charge is -2.31. The van der Waals surface area contributed by atoms with E-state index < -0.39 is 11.9 Å². The van der Waals surface area contributed by atoms with Crippen molar-refractivity contribution in [1.29, 1.82) is 0 Å². The first kappa shape index (κ1) is 19.2. The summed E-state index contributed by atoms with van der Waals surface area (Å²) in [6, 6.07) is 8.35. The van der Waals surface area contributed by atoms with Gasteiger partial charge in [-0.3, -0.25) is 4.79 Å². The number of nitrogens with two attached hydrogens (primary N) is 1. The minimum atomic E-state index is -0.762. The van der Waals surface area contributed by atoms with Crippen molar-refractivity contribution in [3.05, 3.63) is 35.9 Å². The number of nitrogens with one attached hydrogen (secondary N) is 1. The van der Waals surface area contributed by atoms with Gasteiger partial charge in [-0.05, 0) is 18.4 Å². The van der Waals surface area contributed by atoms with E-state index in [0.717, 1.165) is 18.4 Å². The van der Waals surface area contributed by atoms with Gasteiger partial charge >= 0.3 is 6.03 Å². The van der Waals surface area contributed by atoms with Crippen molar-refractivity contribution in [3.63, 3.8) is 0 Å². The van der Waals surface area contributed by atoms with Gasteiger partial charge in [0.1, 0.15) is 6.04 Å². The zero-order valence-electron chi connectivity index (χ0n) is 14.8. The van der Waals surface area contributed by atoms with E-state index in [2.05, 4.69) is 5.32 Å². The molecule has 25 heavy (non-hydrogen) atoms. The summed E-state index contributed by atoms with van der Waals surface area (Å²) in [4.78, 5) is 26.4. The summed E-state index contributed by atoms with van der Waals surface area (Å²) in [7, 11) is 3.22. The van der Waals surface area contributed by atoms with Gasteiger partial charge in [-0.2, -0.15) is 0 Å². The van der Waals surface area contributed by atoms with Crippen LogP contribution in [0.1, 0.15) is 18.4 Å². The highest BCUT2D eigenvalue weighted by atomic mass is 16.5. The van der Waals surface area contributed by atoms with E-state index in [-0.39, 0.29) is 18.1 Å².